The zero-order valence-corrected chi connectivity index (χ0v) is 23.0. The van der Waals surface area contributed by atoms with Crippen LogP contribution >= 0.6 is 11.6 Å². The summed E-state index contributed by atoms with van der Waals surface area (Å²) in [5.41, 5.74) is 10.7. The minimum Gasteiger partial charge on any atom is -0.491 e. The fraction of sp³-hybridized carbons (Fsp3) is 0.433. The summed E-state index contributed by atoms with van der Waals surface area (Å²) in [6.45, 7) is 5.91. The molecular formula is C30H34ClN5O3. The monoisotopic (exact) mass is 547 g/mol. The largest absolute Gasteiger partial charge is 0.491 e. The fourth-order valence-electron chi connectivity index (χ4n) is 5.73. The van der Waals surface area contributed by atoms with Crippen molar-refractivity contribution in [3.05, 3.63) is 92.8 Å². The summed E-state index contributed by atoms with van der Waals surface area (Å²) in [5.74, 6) is 0.863. The molecule has 1 fully saturated rings. The zero-order valence-electron chi connectivity index (χ0n) is 22.2. The van der Waals surface area contributed by atoms with Gasteiger partial charge in [0.05, 0.1) is 17.7 Å². The lowest BCUT2D eigenvalue weighted by molar-refractivity contribution is -0.0432. The summed E-state index contributed by atoms with van der Waals surface area (Å²) >= 11 is 6.04. The molecule has 1 saturated heterocycles. The van der Waals surface area contributed by atoms with Gasteiger partial charge in [-0.1, -0.05) is 47.1 Å². The van der Waals surface area contributed by atoms with Gasteiger partial charge in [-0.15, -0.1) is 0 Å². The third-order valence-corrected chi connectivity index (χ3v) is 8.25. The van der Waals surface area contributed by atoms with Crippen LogP contribution in [0, 0.1) is 5.92 Å². The fourth-order valence-corrected chi connectivity index (χ4v) is 5.85. The highest BCUT2D eigenvalue weighted by atomic mass is 35.5. The number of piperidine rings is 1. The highest BCUT2D eigenvalue weighted by Crippen LogP contribution is 2.41. The first-order valence-corrected chi connectivity index (χ1v) is 13.7. The third-order valence-electron chi connectivity index (χ3n) is 8.00. The van der Waals surface area contributed by atoms with Crippen molar-refractivity contribution < 1.29 is 14.9 Å². The first-order valence-electron chi connectivity index (χ1n) is 13.3. The molecular weight excluding hydrogens is 514 g/mol. The first-order chi connectivity index (χ1) is 18.7. The van der Waals surface area contributed by atoms with Crippen molar-refractivity contribution in [2.24, 2.45) is 16.0 Å². The highest BCUT2D eigenvalue weighted by molar-refractivity contribution is 6.30. The number of dihydropyridines is 1. The van der Waals surface area contributed by atoms with Crippen LogP contribution in [0.15, 0.2) is 70.8 Å². The molecule has 0 saturated carbocycles. The number of hydrogen-bond donors (Lipinski definition) is 2. The first kappa shape index (κ1) is 27.4. The molecule has 9 heteroatoms. The number of halogens is 1. The van der Waals surface area contributed by atoms with Crippen LogP contribution < -0.4 is 4.74 Å². The number of likely N-dealkylation sites (tertiary alicyclic amines) is 1. The van der Waals surface area contributed by atoms with Crippen LogP contribution in [0.1, 0.15) is 43.4 Å². The van der Waals surface area contributed by atoms with Crippen molar-refractivity contribution in [1.29, 1.82) is 0 Å². The number of nitrogens with zero attached hydrogens (tertiary/aromatic N) is 5. The SMILES string of the molecule is CC(C)(O)c1ccc2c(c1)/C(=C/CCN1CCC(O)(c3ccc(Cl)cc3)C(N=[N+]=[N-])C1)C1C=CC=NC1CO2. The molecule has 4 atom stereocenters. The van der Waals surface area contributed by atoms with Crippen molar-refractivity contribution in [3.8, 4) is 5.75 Å². The molecule has 204 valence electrons. The number of aliphatic imine (C=N–C) groups is 1. The smallest absolute Gasteiger partial charge is 0.126 e. The third kappa shape index (κ3) is 5.76. The molecule has 0 aliphatic carbocycles. The molecule has 3 aliphatic rings. The maximum absolute atomic E-state index is 11.5. The summed E-state index contributed by atoms with van der Waals surface area (Å²) in [6, 6.07) is 12.3. The number of benzene rings is 2. The molecule has 2 aromatic carbocycles. The van der Waals surface area contributed by atoms with Gasteiger partial charge in [0.15, 0.2) is 0 Å². The van der Waals surface area contributed by atoms with Gasteiger partial charge in [-0.05, 0) is 79.3 Å². The summed E-state index contributed by atoms with van der Waals surface area (Å²) in [7, 11) is 0. The van der Waals surface area contributed by atoms with E-state index in [-0.39, 0.29) is 12.0 Å². The number of aliphatic hydroxyl groups is 2. The van der Waals surface area contributed by atoms with E-state index in [1.54, 1.807) is 38.1 Å². The highest BCUT2D eigenvalue weighted by Gasteiger charge is 2.42. The van der Waals surface area contributed by atoms with E-state index in [0.29, 0.717) is 36.7 Å². The van der Waals surface area contributed by atoms with Gasteiger partial charge < -0.3 is 19.8 Å². The number of fused-ring (bicyclic) bond motifs is 2. The van der Waals surface area contributed by atoms with Gasteiger partial charge in [-0.2, -0.15) is 0 Å². The molecule has 3 heterocycles. The lowest BCUT2D eigenvalue weighted by Gasteiger charge is -2.43. The second kappa shape index (κ2) is 11.2. The Labute approximate surface area is 233 Å². The van der Waals surface area contributed by atoms with E-state index < -0.39 is 17.2 Å². The summed E-state index contributed by atoms with van der Waals surface area (Å²) < 4.78 is 6.16. The Morgan fingerprint density at radius 1 is 1.28 bits per heavy atom. The van der Waals surface area contributed by atoms with Gasteiger partial charge in [0.25, 0.3) is 0 Å². The average Bonchev–Trinajstić information content (AvgIpc) is 3.07. The summed E-state index contributed by atoms with van der Waals surface area (Å²) in [4.78, 5) is 9.94. The predicted octanol–water partition coefficient (Wildman–Crippen LogP) is 5.63. The van der Waals surface area contributed by atoms with Crippen LogP contribution in [0.5, 0.6) is 5.75 Å². The Balaban J connectivity index is 1.38. The zero-order chi connectivity index (χ0) is 27.6. The maximum Gasteiger partial charge on any atom is 0.126 e. The number of ether oxygens (including phenoxy) is 1. The quantitative estimate of drug-likeness (QED) is 0.277. The number of allylic oxidation sites excluding steroid dienone is 1. The molecule has 2 N–H and O–H groups in total. The van der Waals surface area contributed by atoms with E-state index in [2.05, 4.69) is 32.1 Å². The van der Waals surface area contributed by atoms with Crippen molar-refractivity contribution in [3.63, 3.8) is 0 Å². The molecule has 0 bridgehead atoms. The second-order valence-corrected chi connectivity index (χ2v) is 11.4. The second-order valence-electron chi connectivity index (χ2n) is 11.0. The van der Waals surface area contributed by atoms with E-state index in [9.17, 15) is 15.7 Å². The molecule has 0 amide bonds. The van der Waals surface area contributed by atoms with Gasteiger partial charge in [-0.3, -0.25) is 4.99 Å². The van der Waals surface area contributed by atoms with Crippen molar-refractivity contribution in [1.82, 2.24) is 4.90 Å². The van der Waals surface area contributed by atoms with Gasteiger partial charge in [0.2, 0.25) is 0 Å². The minimum absolute atomic E-state index is 0.0158. The van der Waals surface area contributed by atoms with Gasteiger partial charge in [0.1, 0.15) is 18.0 Å². The van der Waals surface area contributed by atoms with Crippen LogP contribution in [0.2, 0.25) is 5.02 Å². The standard InChI is InChI=1S/C30H34ClN5O3/c1-29(2,37)21-9-12-27-25(17-21)23(24-5-3-14-33-26(24)19-39-27)6-4-15-36-16-13-30(38,28(18-36)34-35-32)20-7-10-22(31)11-8-20/h3,5-12,14,17,24,26,28,37-38H,4,13,15-16,18-19H2,1-2H3/b23-6+. The topological polar surface area (TPSA) is 114 Å². The summed E-state index contributed by atoms with van der Waals surface area (Å²) in [6.07, 6.45) is 9.42. The Morgan fingerprint density at radius 3 is 2.82 bits per heavy atom. The van der Waals surface area contributed by atoms with Crippen molar-refractivity contribution >= 4 is 23.4 Å². The van der Waals surface area contributed by atoms with E-state index in [4.69, 9.17) is 16.3 Å². The molecule has 4 unspecified atom stereocenters. The Kier molecular flexibility index (Phi) is 7.85. The normalized spacial score (nSPS) is 27.7. The van der Waals surface area contributed by atoms with Crippen LogP contribution in [-0.2, 0) is 11.2 Å². The molecule has 5 rings (SSSR count). The molecule has 8 nitrogen and oxygen atoms in total. The number of azide groups is 1. The molecule has 3 aliphatic heterocycles. The lowest BCUT2D eigenvalue weighted by atomic mass is 9.80. The molecule has 0 radical (unpaired) electrons. The Bertz CT molecular complexity index is 1340. The Hall–Kier alpha value is -3.13. The van der Waals surface area contributed by atoms with Crippen LogP contribution in [0.3, 0.4) is 0 Å². The predicted molar refractivity (Wildman–Crippen MR) is 154 cm³/mol. The van der Waals surface area contributed by atoms with E-state index >= 15 is 0 Å². The Morgan fingerprint density at radius 2 is 2.08 bits per heavy atom. The molecule has 0 aromatic heterocycles. The van der Waals surface area contributed by atoms with E-state index in [1.807, 2.05) is 30.5 Å². The van der Waals surface area contributed by atoms with Crippen LogP contribution in [0.4, 0.5) is 0 Å². The maximum atomic E-state index is 11.5. The van der Waals surface area contributed by atoms with Gasteiger partial charge in [0, 0.05) is 47.3 Å². The number of hydrogen-bond acceptors (Lipinski definition) is 6. The lowest BCUT2D eigenvalue weighted by Crippen LogP contribution is -2.52. The van der Waals surface area contributed by atoms with E-state index in [0.717, 1.165) is 35.4 Å². The number of rotatable bonds is 6. The van der Waals surface area contributed by atoms with Crippen LogP contribution in [0.25, 0.3) is 16.0 Å². The molecule has 0 spiro atoms. The van der Waals surface area contributed by atoms with Crippen molar-refractivity contribution in [2.45, 2.75) is 50.0 Å². The summed E-state index contributed by atoms with van der Waals surface area (Å²) in [5, 5.41) is 26.8. The van der Waals surface area contributed by atoms with Crippen molar-refractivity contribution in [2.75, 3.05) is 26.2 Å². The van der Waals surface area contributed by atoms with Gasteiger partial charge >= 0.3 is 0 Å². The average molecular weight is 548 g/mol. The van der Waals surface area contributed by atoms with Crippen LogP contribution in [-0.4, -0.2) is 59.7 Å². The minimum atomic E-state index is -1.24. The van der Waals surface area contributed by atoms with E-state index in [1.165, 1.54) is 0 Å². The molecule has 39 heavy (non-hydrogen) atoms. The molecule has 2 aromatic rings. The van der Waals surface area contributed by atoms with Gasteiger partial charge in [-0.25, -0.2) is 0 Å².